The number of nitrogens with two attached hydrogens (primary N) is 1. The Bertz CT molecular complexity index is 403. The first-order valence-corrected chi connectivity index (χ1v) is 5.00. The number of hydrogen-bond donors (Lipinski definition) is 1. The van der Waals surface area contributed by atoms with E-state index in [2.05, 4.69) is 9.47 Å². The van der Waals surface area contributed by atoms with Crippen molar-refractivity contribution in [1.82, 2.24) is 0 Å². The number of methoxy groups -OCH3 is 1. The molecule has 0 amide bonds. The highest BCUT2D eigenvalue weighted by atomic mass is 19.4. The zero-order chi connectivity index (χ0) is 13.8. The van der Waals surface area contributed by atoms with Crippen LogP contribution < -0.4 is 10.5 Å². The summed E-state index contributed by atoms with van der Waals surface area (Å²) in [6.45, 7) is 0. The summed E-state index contributed by atoms with van der Waals surface area (Å²) in [5.74, 6) is -0.900. The Morgan fingerprint density at radius 1 is 1.33 bits per heavy atom. The molecule has 4 nitrogen and oxygen atoms in total. The van der Waals surface area contributed by atoms with E-state index in [9.17, 15) is 18.0 Å². The molecule has 0 fully saturated rings. The average molecular weight is 263 g/mol. The second-order valence-electron chi connectivity index (χ2n) is 3.53. The van der Waals surface area contributed by atoms with Crippen LogP contribution in [0.3, 0.4) is 0 Å². The third-order valence-corrected chi connectivity index (χ3v) is 2.12. The Morgan fingerprint density at radius 3 is 2.33 bits per heavy atom. The number of halogens is 3. The number of alkyl halides is 3. The maximum absolute atomic E-state index is 11.9. The van der Waals surface area contributed by atoms with Gasteiger partial charge in [-0.1, -0.05) is 12.1 Å². The topological polar surface area (TPSA) is 61.5 Å². The minimum Gasteiger partial charge on any atom is -0.468 e. The van der Waals surface area contributed by atoms with Crippen LogP contribution in [0.15, 0.2) is 24.3 Å². The Morgan fingerprint density at radius 2 is 1.89 bits per heavy atom. The van der Waals surface area contributed by atoms with Gasteiger partial charge in [-0.2, -0.15) is 0 Å². The monoisotopic (exact) mass is 263 g/mol. The normalized spacial score (nSPS) is 12.9. The van der Waals surface area contributed by atoms with Gasteiger partial charge in [0.05, 0.1) is 7.11 Å². The van der Waals surface area contributed by atoms with Gasteiger partial charge in [0.1, 0.15) is 11.8 Å². The van der Waals surface area contributed by atoms with Crippen molar-refractivity contribution in [3.05, 3.63) is 29.8 Å². The van der Waals surface area contributed by atoms with Crippen molar-refractivity contribution in [1.29, 1.82) is 0 Å². The molecule has 0 aromatic heterocycles. The van der Waals surface area contributed by atoms with E-state index < -0.39 is 18.4 Å². The Balaban J connectivity index is 2.63. The van der Waals surface area contributed by atoms with E-state index in [1.807, 2.05) is 0 Å². The van der Waals surface area contributed by atoms with Crippen LogP contribution in [0.2, 0.25) is 0 Å². The molecule has 1 aromatic rings. The first kappa shape index (κ1) is 14.3. The Kier molecular flexibility index (Phi) is 4.55. The van der Waals surface area contributed by atoms with Gasteiger partial charge in [0, 0.05) is 0 Å². The van der Waals surface area contributed by atoms with Crippen molar-refractivity contribution >= 4 is 5.97 Å². The average Bonchev–Trinajstić information content (AvgIpc) is 2.28. The van der Waals surface area contributed by atoms with Gasteiger partial charge in [0.2, 0.25) is 0 Å². The van der Waals surface area contributed by atoms with Crippen LogP contribution in [-0.2, 0) is 16.0 Å². The largest absolute Gasteiger partial charge is 0.573 e. The number of ether oxygens (including phenoxy) is 2. The number of hydrogen-bond acceptors (Lipinski definition) is 4. The molecule has 0 unspecified atom stereocenters. The van der Waals surface area contributed by atoms with Gasteiger partial charge in [-0.25, -0.2) is 0 Å². The molecule has 7 heteroatoms. The van der Waals surface area contributed by atoms with Gasteiger partial charge in [0.15, 0.2) is 0 Å². The standard InChI is InChI=1S/C11H12F3NO3/c1-17-10(16)9(15)6-7-2-4-8(5-3-7)18-11(12,13)14/h2-5,9H,6,15H2,1H3/t9-/m1/s1. The molecule has 0 bridgehead atoms. The molecule has 0 radical (unpaired) electrons. The number of benzene rings is 1. The van der Waals surface area contributed by atoms with Gasteiger partial charge in [0.25, 0.3) is 0 Å². The number of esters is 1. The van der Waals surface area contributed by atoms with Crippen LogP contribution in [0, 0.1) is 0 Å². The van der Waals surface area contributed by atoms with E-state index in [0.717, 1.165) is 12.1 Å². The van der Waals surface area contributed by atoms with Gasteiger partial charge in [-0.15, -0.1) is 13.2 Å². The first-order valence-electron chi connectivity index (χ1n) is 5.00. The number of rotatable bonds is 4. The molecule has 1 rings (SSSR count). The highest BCUT2D eigenvalue weighted by Gasteiger charge is 2.30. The lowest BCUT2D eigenvalue weighted by Crippen LogP contribution is -2.33. The maximum Gasteiger partial charge on any atom is 0.573 e. The van der Waals surface area contributed by atoms with E-state index >= 15 is 0 Å². The second kappa shape index (κ2) is 5.72. The molecule has 2 N–H and O–H groups in total. The molecule has 1 atom stereocenters. The van der Waals surface area contributed by atoms with Gasteiger partial charge in [-0.3, -0.25) is 4.79 Å². The molecule has 0 aliphatic rings. The number of carbonyl (C=O) groups excluding carboxylic acids is 1. The zero-order valence-corrected chi connectivity index (χ0v) is 9.53. The van der Waals surface area contributed by atoms with Crippen molar-refractivity contribution in [2.75, 3.05) is 7.11 Å². The lowest BCUT2D eigenvalue weighted by atomic mass is 10.1. The minimum atomic E-state index is -4.72. The smallest absolute Gasteiger partial charge is 0.468 e. The molecular weight excluding hydrogens is 251 g/mol. The fraction of sp³-hybridized carbons (Fsp3) is 0.364. The van der Waals surface area contributed by atoms with E-state index in [1.165, 1.54) is 19.2 Å². The predicted molar refractivity (Wildman–Crippen MR) is 56.8 cm³/mol. The minimum absolute atomic E-state index is 0.180. The summed E-state index contributed by atoms with van der Waals surface area (Å²) in [6.07, 6.45) is -4.54. The molecule has 100 valence electrons. The quantitative estimate of drug-likeness (QED) is 0.839. The highest BCUT2D eigenvalue weighted by molar-refractivity contribution is 5.75. The molecule has 1 aromatic carbocycles. The summed E-state index contributed by atoms with van der Waals surface area (Å²) in [5, 5.41) is 0. The van der Waals surface area contributed by atoms with Crippen molar-refractivity contribution in [3.8, 4) is 5.75 Å². The predicted octanol–water partition coefficient (Wildman–Crippen LogP) is 1.63. The maximum atomic E-state index is 11.9. The molecule has 18 heavy (non-hydrogen) atoms. The van der Waals surface area contributed by atoms with Crippen LogP contribution >= 0.6 is 0 Å². The van der Waals surface area contributed by atoms with Crippen molar-refractivity contribution in [2.45, 2.75) is 18.8 Å². The Hall–Kier alpha value is -1.76. The molecule has 0 spiro atoms. The first-order chi connectivity index (χ1) is 8.31. The summed E-state index contributed by atoms with van der Waals surface area (Å²) in [4.78, 5) is 11.1. The SMILES string of the molecule is COC(=O)[C@H](N)Cc1ccc(OC(F)(F)F)cc1. The van der Waals surface area contributed by atoms with E-state index in [0.29, 0.717) is 5.56 Å². The van der Waals surface area contributed by atoms with E-state index in [4.69, 9.17) is 5.73 Å². The van der Waals surface area contributed by atoms with Crippen LogP contribution in [0.25, 0.3) is 0 Å². The van der Waals surface area contributed by atoms with Crippen molar-refractivity contribution in [3.63, 3.8) is 0 Å². The summed E-state index contributed by atoms with van der Waals surface area (Å²) in [5.41, 5.74) is 6.13. The molecule has 0 aliphatic carbocycles. The highest BCUT2D eigenvalue weighted by Crippen LogP contribution is 2.22. The van der Waals surface area contributed by atoms with Crippen LogP contribution in [0.5, 0.6) is 5.75 Å². The van der Waals surface area contributed by atoms with Crippen molar-refractivity contribution < 1.29 is 27.4 Å². The van der Waals surface area contributed by atoms with E-state index in [-0.39, 0.29) is 12.2 Å². The molecule has 0 aliphatic heterocycles. The Labute approximate surface area is 101 Å². The molecule has 0 saturated carbocycles. The van der Waals surface area contributed by atoms with Crippen LogP contribution in [0.1, 0.15) is 5.56 Å². The fourth-order valence-corrected chi connectivity index (χ4v) is 1.32. The third-order valence-electron chi connectivity index (χ3n) is 2.12. The molecular formula is C11H12F3NO3. The van der Waals surface area contributed by atoms with Gasteiger partial charge < -0.3 is 15.2 Å². The van der Waals surface area contributed by atoms with Crippen molar-refractivity contribution in [2.24, 2.45) is 5.73 Å². The molecule has 0 saturated heterocycles. The lowest BCUT2D eigenvalue weighted by molar-refractivity contribution is -0.274. The molecule has 0 heterocycles. The van der Waals surface area contributed by atoms with Crippen LogP contribution in [0.4, 0.5) is 13.2 Å². The van der Waals surface area contributed by atoms with Crippen LogP contribution in [-0.4, -0.2) is 25.5 Å². The van der Waals surface area contributed by atoms with Gasteiger partial charge >= 0.3 is 12.3 Å². The van der Waals surface area contributed by atoms with E-state index in [1.54, 1.807) is 0 Å². The fourth-order valence-electron chi connectivity index (χ4n) is 1.32. The number of carbonyl (C=O) groups is 1. The lowest BCUT2D eigenvalue weighted by Gasteiger charge is -2.11. The second-order valence-corrected chi connectivity index (χ2v) is 3.53. The zero-order valence-electron chi connectivity index (χ0n) is 9.53. The summed E-state index contributed by atoms with van der Waals surface area (Å²) >= 11 is 0. The van der Waals surface area contributed by atoms with Gasteiger partial charge in [-0.05, 0) is 24.1 Å². The summed E-state index contributed by atoms with van der Waals surface area (Å²) in [6, 6.07) is 4.29. The third kappa shape index (κ3) is 4.62. The summed E-state index contributed by atoms with van der Waals surface area (Å²) in [7, 11) is 1.21. The summed E-state index contributed by atoms with van der Waals surface area (Å²) < 4.78 is 43.8.